The summed E-state index contributed by atoms with van der Waals surface area (Å²) < 4.78 is 5.78. The van der Waals surface area contributed by atoms with Gasteiger partial charge in [0.25, 0.3) is 0 Å². The normalized spacial score (nSPS) is 22.3. The molecular weight excluding hydrogens is 256 g/mol. The van der Waals surface area contributed by atoms with Crippen molar-refractivity contribution in [2.24, 2.45) is 0 Å². The van der Waals surface area contributed by atoms with Crippen molar-refractivity contribution in [2.45, 2.75) is 25.0 Å². The topological polar surface area (TPSA) is 61.8 Å². The lowest BCUT2D eigenvalue weighted by molar-refractivity contribution is 0.00155. The number of aliphatic hydroxyl groups excluding tert-OH is 1. The Kier molecular flexibility index (Phi) is 5.38. The largest absolute Gasteiger partial charge is 0.395 e. The molecule has 0 aromatic heterocycles. The number of urea groups is 1. The highest BCUT2D eigenvalue weighted by Crippen LogP contribution is 2.27. The molecule has 0 saturated carbocycles. The summed E-state index contributed by atoms with van der Waals surface area (Å²) in [5.74, 6) is 0. The molecule has 0 radical (unpaired) electrons. The minimum absolute atomic E-state index is 0.0235. The van der Waals surface area contributed by atoms with E-state index in [4.69, 9.17) is 9.84 Å². The number of amides is 2. The molecule has 0 aliphatic carbocycles. The zero-order valence-corrected chi connectivity index (χ0v) is 11.8. The van der Waals surface area contributed by atoms with Gasteiger partial charge in [0.15, 0.2) is 0 Å². The number of likely N-dealkylation sites (N-methyl/N-ethyl adjacent to an activating group) is 1. The monoisotopic (exact) mass is 278 g/mol. The van der Waals surface area contributed by atoms with Gasteiger partial charge in [-0.3, -0.25) is 0 Å². The highest BCUT2D eigenvalue weighted by molar-refractivity contribution is 5.74. The van der Waals surface area contributed by atoms with Crippen LogP contribution in [-0.4, -0.2) is 48.9 Å². The second kappa shape index (κ2) is 7.26. The number of nitrogens with one attached hydrogen (secondary N) is 1. The number of carbonyl (C=O) groups excluding carboxylic acids is 1. The highest BCUT2D eigenvalue weighted by Gasteiger charge is 2.25. The van der Waals surface area contributed by atoms with Gasteiger partial charge in [-0.25, -0.2) is 4.79 Å². The molecule has 2 atom stereocenters. The van der Waals surface area contributed by atoms with Gasteiger partial charge in [0.2, 0.25) is 0 Å². The molecule has 2 amide bonds. The third kappa shape index (κ3) is 3.95. The van der Waals surface area contributed by atoms with Crippen LogP contribution >= 0.6 is 0 Å². The van der Waals surface area contributed by atoms with E-state index in [1.807, 2.05) is 30.3 Å². The standard InChI is InChI=1S/C15H22N2O3/c1-17(8-9-18)15(19)16-13-7-10-20-14(11-13)12-5-3-2-4-6-12/h2-6,13-14,18H,7-11H2,1H3,(H,16,19). The van der Waals surface area contributed by atoms with Crippen LogP contribution < -0.4 is 5.32 Å². The van der Waals surface area contributed by atoms with Crippen LogP contribution in [0.5, 0.6) is 0 Å². The van der Waals surface area contributed by atoms with Crippen LogP contribution in [0.3, 0.4) is 0 Å². The van der Waals surface area contributed by atoms with Gasteiger partial charge >= 0.3 is 6.03 Å². The van der Waals surface area contributed by atoms with E-state index >= 15 is 0 Å². The predicted molar refractivity (Wildman–Crippen MR) is 76.4 cm³/mol. The number of carbonyl (C=O) groups is 1. The lowest BCUT2D eigenvalue weighted by atomic mass is 9.97. The van der Waals surface area contributed by atoms with Gasteiger partial charge in [-0.1, -0.05) is 30.3 Å². The molecule has 0 bridgehead atoms. The SMILES string of the molecule is CN(CCO)C(=O)NC1CCOC(c2ccccc2)C1. The van der Waals surface area contributed by atoms with Crippen molar-refractivity contribution in [3.05, 3.63) is 35.9 Å². The Morgan fingerprint density at radius 3 is 2.90 bits per heavy atom. The number of hydrogen-bond acceptors (Lipinski definition) is 3. The molecule has 2 N–H and O–H groups in total. The fourth-order valence-electron chi connectivity index (χ4n) is 2.36. The summed E-state index contributed by atoms with van der Waals surface area (Å²) in [6, 6.07) is 10.0. The van der Waals surface area contributed by atoms with E-state index in [0.717, 1.165) is 18.4 Å². The average molecular weight is 278 g/mol. The van der Waals surface area contributed by atoms with E-state index in [2.05, 4.69) is 5.32 Å². The maximum atomic E-state index is 11.9. The fraction of sp³-hybridized carbons (Fsp3) is 0.533. The molecule has 0 spiro atoms. The molecule has 5 nitrogen and oxygen atoms in total. The first-order chi connectivity index (χ1) is 9.70. The molecule has 2 rings (SSSR count). The Morgan fingerprint density at radius 2 is 2.20 bits per heavy atom. The van der Waals surface area contributed by atoms with E-state index in [1.54, 1.807) is 7.05 Å². The Bertz CT molecular complexity index is 424. The first-order valence-corrected chi connectivity index (χ1v) is 6.99. The van der Waals surface area contributed by atoms with E-state index in [0.29, 0.717) is 13.2 Å². The van der Waals surface area contributed by atoms with E-state index < -0.39 is 0 Å². The zero-order chi connectivity index (χ0) is 14.4. The zero-order valence-electron chi connectivity index (χ0n) is 11.8. The number of nitrogens with zero attached hydrogens (tertiary/aromatic N) is 1. The van der Waals surface area contributed by atoms with Crippen LogP contribution in [-0.2, 0) is 4.74 Å². The first kappa shape index (κ1) is 14.8. The Labute approximate surface area is 119 Å². The van der Waals surface area contributed by atoms with Crippen LogP contribution in [0, 0.1) is 0 Å². The van der Waals surface area contributed by atoms with Gasteiger partial charge in [0, 0.05) is 26.2 Å². The maximum absolute atomic E-state index is 11.9. The van der Waals surface area contributed by atoms with Crippen molar-refractivity contribution >= 4 is 6.03 Å². The summed E-state index contributed by atoms with van der Waals surface area (Å²) >= 11 is 0. The summed E-state index contributed by atoms with van der Waals surface area (Å²) in [4.78, 5) is 13.4. The summed E-state index contributed by atoms with van der Waals surface area (Å²) in [7, 11) is 1.68. The fourth-order valence-corrected chi connectivity index (χ4v) is 2.36. The van der Waals surface area contributed by atoms with Gasteiger partial charge in [-0.15, -0.1) is 0 Å². The van der Waals surface area contributed by atoms with Crippen LogP contribution in [0.2, 0.25) is 0 Å². The highest BCUT2D eigenvalue weighted by atomic mass is 16.5. The minimum atomic E-state index is -0.141. The van der Waals surface area contributed by atoms with Gasteiger partial charge in [-0.05, 0) is 18.4 Å². The number of hydrogen-bond donors (Lipinski definition) is 2. The summed E-state index contributed by atoms with van der Waals surface area (Å²) in [6.07, 6.45) is 1.64. The van der Waals surface area contributed by atoms with Gasteiger partial charge in [-0.2, -0.15) is 0 Å². The van der Waals surface area contributed by atoms with Crippen molar-refractivity contribution in [1.29, 1.82) is 0 Å². The maximum Gasteiger partial charge on any atom is 0.317 e. The van der Waals surface area contributed by atoms with Crippen LogP contribution in [0.25, 0.3) is 0 Å². The molecule has 1 heterocycles. The third-order valence-electron chi connectivity index (χ3n) is 3.57. The molecule has 110 valence electrons. The second-order valence-electron chi connectivity index (χ2n) is 5.09. The van der Waals surface area contributed by atoms with Crippen LogP contribution in [0.4, 0.5) is 4.79 Å². The molecule has 1 aromatic rings. The third-order valence-corrected chi connectivity index (χ3v) is 3.57. The molecule has 1 saturated heterocycles. The number of benzene rings is 1. The molecule has 20 heavy (non-hydrogen) atoms. The van der Waals surface area contributed by atoms with E-state index in [-0.39, 0.29) is 24.8 Å². The average Bonchev–Trinajstić information content (AvgIpc) is 2.48. The quantitative estimate of drug-likeness (QED) is 0.878. The van der Waals surface area contributed by atoms with Crippen molar-refractivity contribution in [3.63, 3.8) is 0 Å². The Morgan fingerprint density at radius 1 is 1.45 bits per heavy atom. The number of aliphatic hydroxyl groups is 1. The van der Waals surface area contributed by atoms with Crippen LogP contribution in [0.15, 0.2) is 30.3 Å². The lowest BCUT2D eigenvalue weighted by Gasteiger charge is -2.31. The molecule has 1 aliphatic rings. The number of rotatable bonds is 4. The molecule has 2 unspecified atom stereocenters. The van der Waals surface area contributed by atoms with Crippen molar-refractivity contribution in [1.82, 2.24) is 10.2 Å². The van der Waals surface area contributed by atoms with Gasteiger partial charge in [0.05, 0.1) is 12.7 Å². The molecule has 1 fully saturated rings. The molecule has 1 aliphatic heterocycles. The van der Waals surface area contributed by atoms with Gasteiger partial charge < -0.3 is 20.1 Å². The van der Waals surface area contributed by atoms with E-state index in [1.165, 1.54) is 4.90 Å². The Hall–Kier alpha value is -1.59. The Balaban J connectivity index is 1.89. The van der Waals surface area contributed by atoms with Crippen molar-refractivity contribution < 1.29 is 14.6 Å². The van der Waals surface area contributed by atoms with E-state index in [9.17, 15) is 4.79 Å². The smallest absolute Gasteiger partial charge is 0.317 e. The molecule has 5 heteroatoms. The minimum Gasteiger partial charge on any atom is -0.395 e. The number of ether oxygens (including phenoxy) is 1. The summed E-state index contributed by atoms with van der Waals surface area (Å²) in [6.45, 7) is 0.968. The second-order valence-corrected chi connectivity index (χ2v) is 5.09. The van der Waals surface area contributed by atoms with Crippen molar-refractivity contribution in [2.75, 3.05) is 26.8 Å². The van der Waals surface area contributed by atoms with Crippen LogP contribution in [0.1, 0.15) is 24.5 Å². The predicted octanol–water partition coefficient (Wildman–Crippen LogP) is 1.54. The van der Waals surface area contributed by atoms with Crippen molar-refractivity contribution in [3.8, 4) is 0 Å². The van der Waals surface area contributed by atoms with Gasteiger partial charge in [0.1, 0.15) is 0 Å². The molecule has 1 aromatic carbocycles. The summed E-state index contributed by atoms with van der Waals surface area (Å²) in [5, 5.41) is 11.8. The summed E-state index contributed by atoms with van der Waals surface area (Å²) in [5.41, 5.74) is 1.15. The first-order valence-electron chi connectivity index (χ1n) is 6.99. The molecular formula is C15H22N2O3. The lowest BCUT2D eigenvalue weighted by Crippen LogP contribution is -2.46.